The second kappa shape index (κ2) is 6.48. The fraction of sp³-hybridized carbons (Fsp3) is 0.286. The lowest BCUT2D eigenvalue weighted by atomic mass is 9.99. The number of hydrogen-bond donors (Lipinski definition) is 1. The lowest BCUT2D eigenvalue weighted by molar-refractivity contribution is 0.595. The predicted molar refractivity (Wildman–Crippen MR) is 86.4 cm³/mol. The molecule has 1 unspecified atom stereocenters. The minimum absolute atomic E-state index is 0.00220. The van der Waals surface area contributed by atoms with Crippen molar-refractivity contribution in [1.82, 2.24) is 5.32 Å². The first kappa shape index (κ1) is 15.2. The van der Waals surface area contributed by atoms with E-state index in [0.717, 1.165) is 15.9 Å². The molecular formula is C14H14Br2FNS. The molecule has 0 bridgehead atoms. The highest BCUT2D eigenvalue weighted by molar-refractivity contribution is 9.11. The third kappa shape index (κ3) is 3.27. The van der Waals surface area contributed by atoms with Crippen molar-refractivity contribution in [2.75, 3.05) is 6.54 Å². The number of rotatable bonds is 4. The molecule has 0 aliphatic rings. The first-order valence-electron chi connectivity index (χ1n) is 5.97. The van der Waals surface area contributed by atoms with Gasteiger partial charge in [0.1, 0.15) is 5.82 Å². The van der Waals surface area contributed by atoms with Crippen molar-refractivity contribution in [2.24, 2.45) is 0 Å². The van der Waals surface area contributed by atoms with Crippen LogP contribution in [0.15, 0.2) is 32.5 Å². The normalized spacial score (nSPS) is 12.7. The summed E-state index contributed by atoms with van der Waals surface area (Å²) in [6, 6.07) is 7.26. The third-order valence-corrected chi connectivity index (χ3v) is 5.34. The summed E-state index contributed by atoms with van der Waals surface area (Å²) in [5, 5.41) is 3.43. The minimum Gasteiger partial charge on any atom is -0.306 e. The average Bonchev–Trinajstić information content (AvgIpc) is 2.69. The van der Waals surface area contributed by atoms with E-state index in [1.165, 1.54) is 16.5 Å². The Morgan fingerprint density at radius 2 is 2.05 bits per heavy atom. The van der Waals surface area contributed by atoms with Crippen molar-refractivity contribution in [1.29, 1.82) is 0 Å². The van der Waals surface area contributed by atoms with Crippen LogP contribution < -0.4 is 5.32 Å². The van der Waals surface area contributed by atoms with Crippen LogP contribution in [0.5, 0.6) is 0 Å². The number of aryl methyl sites for hydroxylation is 1. The van der Waals surface area contributed by atoms with Crippen LogP contribution in [0.3, 0.4) is 0 Å². The van der Waals surface area contributed by atoms with Gasteiger partial charge in [0.25, 0.3) is 0 Å². The zero-order valence-corrected chi connectivity index (χ0v) is 14.6. The summed E-state index contributed by atoms with van der Waals surface area (Å²) in [6.07, 6.45) is 0. The van der Waals surface area contributed by atoms with Gasteiger partial charge in [-0.05, 0) is 68.6 Å². The Bertz CT molecular complexity index is 583. The molecule has 19 heavy (non-hydrogen) atoms. The topological polar surface area (TPSA) is 12.0 Å². The second-order valence-corrected chi connectivity index (χ2v) is 7.62. The molecule has 0 aliphatic carbocycles. The molecule has 1 heterocycles. The molecule has 5 heteroatoms. The van der Waals surface area contributed by atoms with E-state index in [9.17, 15) is 4.39 Å². The van der Waals surface area contributed by atoms with Crippen LogP contribution in [0.1, 0.15) is 29.0 Å². The highest BCUT2D eigenvalue weighted by Gasteiger charge is 2.21. The minimum atomic E-state index is -0.229. The van der Waals surface area contributed by atoms with Gasteiger partial charge in [0.2, 0.25) is 0 Å². The SMILES string of the molecule is CCNC(c1cc(Br)sc1C)c1cccc(F)c1Br. The molecule has 0 aliphatic heterocycles. The summed E-state index contributed by atoms with van der Waals surface area (Å²) in [6.45, 7) is 4.96. The number of thiophene rings is 1. The number of benzene rings is 1. The summed E-state index contributed by atoms with van der Waals surface area (Å²) >= 11 is 8.56. The quantitative estimate of drug-likeness (QED) is 0.714. The monoisotopic (exact) mass is 405 g/mol. The Hall–Kier alpha value is -0.230. The summed E-state index contributed by atoms with van der Waals surface area (Å²) in [7, 11) is 0. The Kier molecular flexibility index (Phi) is 5.17. The first-order chi connectivity index (χ1) is 9.04. The van der Waals surface area contributed by atoms with E-state index in [-0.39, 0.29) is 11.9 Å². The van der Waals surface area contributed by atoms with Crippen LogP contribution in [0.25, 0.3) is 0 Å². The molecule has 0 amide bonds. The van der Waals surface area contributed by atoms with Gasteiger partial charge in [-0.2, -0.15) is 0 Å². The smallest absolute Gasteiger partial charge is 0.137 e. The third-order valence-electron chi connectivity index (χ3n) is 2.94. The molecule has 102 valence electrons. The van der Waals surface area contributed by atoms with Gasteiger partial charge in [-0.25, -0.2) is 4.39 Å². The van der Waals surface area contributed by atoms with Crippen molar-refractivity contribution >= 4 is 43.2 Å². The van der Waals surface area contributed by atoms with Crippen LogP contribution >= 0.6 is 43.2 Å². The Morgan fingerprint density at radius 1 is 1.32 bits per heavy atom. The fourth-order valence-electron chi connectivity index (χ4n) is 2.08. The molecule has 0 radical (unpaired) electrons. The van der Waals surface area contributed by atoms with Crippen molar-refractivity contribution in [3.8, 4) is 0 Å². The number of nitrogens with one attached hydrogen (secondary N) is 1. The van der Waals surface area contributed by atoms with Crippen molar-refractivity contribution < 1.29 is 4.39 Å². The summed E-state index contributed by atoms with van der Waals surface area (Å²) in [5.74, 6) is -0.229. The van der Waals surface area contributed by atoms with E-state index < -0.39 is 0 Å². The van der Waals surface area contributed by atoms with E-state index in [4.69, 9.17) is 0 Å². The molecule has 1 atom stereocenters. The Morgan fingerprint density at radius 3 is 2.63 bits per heavy atom. The molecule has 1 N–H and O–H groups in total. The summed E-state index contributed by atoms with van der Waals surface area (Å²) < 4.78 is 15.3. The molecule has 1 nitrogen and oxygen atoms in total. The van der Waals surface area contributed by atoms with Gasteiger partial charge >= 0.3 is 0 Å². The maximum absolute atomic E-state index is 13.7. The lowest BCUT2D eigenvalue weighted by Crippen LogP contribution is -2.22. The zero-order chi connectivity index (χ0) is 14.0. The standard InChI is InChI=1S/C14H14Br2FNS/c1-3-18-14(10-7-12(15)19-8(10)2)9-5-4-6-11(17)13(9)16/h4-7,14,18H,3H2,1-2H3. The van der Waals surface area contributed by atoms with Gasteiger partial charge in [-0.3, -0.25) is 0 Å². The maximum Gasteiger partial charge on any atom is 0.137 e. The lowest BCUT2D eigenvalue weighted by Gasteiger charge is -2.20. The Balaban J connectivity index is 2.51. The fourth-order valence-corrected chi connectivity index (χ4v) is 4.32. The molecular weight excluding hydrogens is 393 g/mol. The van der Waals surface area contributed by atoms with Gasteiger partial charge in [0, 0.05) is 4.88 Å². The van der Waals surface area contributed by atoms with E-state index >= 15 is 0 Å². The molecule has 2 aromatic rings. The molecule has 0 spiro atoms. The van der Waals surface area contributed by atoms with Crippen molar-refractivity contribution in [3.63, 3.8) is 0 Å². The summed E-state index contributed by atoms with van der Waals surface area (Å²) in [5.41, 5.74) is 2.11. The molecule has 0 fully saturated rings. The van der Waals surface area contributed by atoms with Crippen molar-refractivity contribution in [3.05, 3.63) is 54.3 Å². The molecule has 1 aromatic carbocycles. The van der Waals surface area contributed by atoms with Gasteiger partial charge < -0.3 is 5.32 Å². The van der Waals surface area contributed by atoms with E-state index in [2.05, 4.69) is 57.1 Å². The van der Waals surface area contributed by atoms with Crippen LogP contribution in [0, 0.1) is 12.7 Å². The second-order valence-electron chi connectivity index (χ2n) is 4.20. The van der Waals surface area contributed by atoms with E-state index in [1.54, 1.807) is 17.4 Å². The first-order valence-corrected chi connectivity index (χ1v) is 8.38. The highest BCUT2D eigenvalue weighted by Crippen LogP contribution is 2.36. The largest absolute Gasteiger partial charge is 0.306 e. The van der Waals surface area contributed by atoms with E-state index in [1.807, 2.05) is 6.07 Å². The number of halogens is 3. The molecule has 0 saturated carbocycles. The van der Waals surface area contributed by atoms with Crippen LogP contribution in [0.4, 0.5) is 4.39 Å². The number of hydrogen-bond acceptors (Lipinski definition) is 2. The predicted octanol–water partition coefficient (Wildman–Crippen LogP) is 5.42. The average molecular weight is 407 g/mol. The van der Waals surface area contributed by atoms with Gasteiger partial charge in [-0.15, -0.1) is 11.3 Å². The molecule has 0 saturated heterocycles. The molecule has 2 rings (SSSR count). The van der Waals surface area contributed by atoms with E-state index in [0.29, 0.717) is 4.47 Å². The highest BCUT2D eigenvalue weighted by atomic mass is 79.9. The summed E-state index contributed by atoms with van der Waals surface area (Å²) in [4.78, 5) is 1.23. The maximum atomic E-state index is 13.7. The van der Waals surface area contributed by atoms with Crippen LogP contribution in [-0.2, 0) is 0 Å². The van der Waals surface area contributed by atoms with Gasteiger partial charge in [0.15, 0.2) is 0 Å². The van der Waals surface area contributed by atoms with Crippen molar-refractivity contribution in [2.45, 2.75) is 19.9 Å². The van der Waals surface area contributed by atoms with Crippen LogP contribution in [-0.4, -0.2) is 6.54 Å². The molecule has 1 aromatic heterocycles. The van der Waals surface area contributed by atoms with Gasteiger partial charge in [-0.1, -0.05) is 19.1 Å². The van der Waals surface area contributed by atoms with Gasteiger partial charge in [0.05, 0.1) is 14.3 Å². The Labute approximate surface area is 133 Å². The van der Waals surface area contributed by atoms with Crippen LogP contribution in [0.2, 0.25) is 0 Å². The zero-order valence-electron chi connectivity index (χ0n) is 10.6.